The van der Waals surface area contributed by atoms with E-state index in [1.54, 1.807) is 12.1 Å². The summed E-state index contributed by atoms with van der Waals surface area (Å²) in [5.41, 5.74) is 0.190. The van der Waals surface area contributed by atoms with E-state index in [9.17, 15) is 4.79 Å². The van der Waals surface area contributed by atoms with Gasteiger partial charge in [0.05, 0.1) is 19.8 Å². The second kappa shape index (κ2) is 7.68. The molecule has 1 aliphatic rings. The lowest BCUT2D eigenvalue weighted by Gasteiger charge is -2.00. The van der Waals surface area contributed by atoms with Gasteiger partial charge in [-0.2, -0.15) is 0 Å². The largest absolute Gasteiger partial charge is 0.507 e. The van der Waals surface area contributed by atoms with Crippen molar-refractivity contribution in [3.63, 3.8) is 0 Å². The Bertz CT molecular complexity index is 371. The second-order valence-electron chi connectivity index (χ2n) is 3.83. The molecule has 2 N–H and O–H groups in total. The number of rotatable bonds is 2. The molecule has 0 radical (unpaired) electrons. The number of aromatic hydroxyl groups is 1. The Balaban J connectivity index is 0.000000199. The van der Waals surface area contributed by atoms with Crippen LogP contribution in [-0.4, -0.2) is 42.6 Å². The van der Waals surface area contributed by atoms with Crippen molar-refractivity contribution in [2.24, 2.45) is 0 Å². The lowest BCUT2D eigenvalue weighted by molar-refractivity contribution is 0.0591. The molecule has 1 aromatic rings. The van der Waals surface area contributed by atoms with Crippen molar-refractivity contribution in [1.82, 2.24) is 0 Å². The molecule has 1 saturated heterocycles. The lowest BCUT2D eigenvalue weighted by atomic mass is 10.2. The Hall–Kier alpha value is -1.59. The van der Waals surface area contributed by atoms with E-state index in [-0.39, 0.29) is 24.0 Å². The Morgan fingerprint density at radius 2 is 2.22 bits per heavy atom. The first-order valence-electron chi connectivity index (χ1n) is 5.77. The summed E-state index contributed by atoms with van der Waals surface area (Å²) >= 11 is 0. The number of methoxy groups -OCH3 is 1. The Morgan fingerprint density at radius 1 is 1.50 bits per heavy atom. The number of carbonyl (C=O) groups is 1. The monoisotopic (exact) mass is 254 g/mol. The highest BCUT2D eigenvalue weighted by Gasteiger charge is 2.12. The molecule has 100 valence electrons. The van der Waals surface area contributed by atoms with Gasteiger partial charge in [0.15, 0.2) is 0 Å². The Labute approximate surface area is 106 Å². The molecule has 18 heavy (non-hydrogen) atoms. The maximum Gasteiger partial charge on any atom is 0.341 e. The molecule has 1 atom stereocenters. The van der Waals surface area contributed by atoms with Gasteiger partial charge in [0.1, 0.15) is 11.3 Å². The van der Waals surface area contributed by atoms with Crippen molar-refractivity contribution in [1.29, 1.82) is 0 Å². The zero-order valence-corrected chi connectivity index (χ0v) is 10.3. The van der Waals surface area contributed by atoms with Crippen molar-refractivity contribution in [3.8, 4) is 5.75 Å². The van der Waals surface area contributed by atoms with Crippen LogP contribution < -0.4 is 0 Å². The summed E-state index contributed by atoms with van der Waals surface area (Å²) in [5.74, 6) is -0.581. The molecular formula is C13H18O5. The smallest absolute Gasteiger partial charge is 0.341 e. The fraction of sp³-hybridized carbons (Fsp3) is 0.462. The molecule has 1 aromatic carbocycles. The fourth-order valence-corrected chi connectivity index (χ4v) is 1.54. The van der Waals surface area contributed by atoms with Crippen LogP contribution in [0, 0.1) is 0 Å². The van der Waals surface area contributed by atoms with Crippen molar-refractivity contribution in [2.75, 3.05) is 20.3 Å². The summed E-state index contributed by atoms with van der Waals surface area (Å²) in [6, 6.07) is 6.24. The van der Waals surface area contributed by atoms with Gasteiger partial charge in [-0.25, -0.2) is 4.79 Å². The topological polar surface area (TPSA) is 76.0 Å². The summed E-state index contributed by atoms with van der Waals surface area (Å²) in [6.07, 6.45) is 2.31. The predicted molar refractivity (Wildman–Crippen MR) is 65.5 cm³/mol. The third kappa shape index (κ3) is 4.35. The highest BCUT2D eigenvalue weighted by atomic mass is 16.5. The number of hydrogen-bond acceptors (Lipinski definition) is 5. The predicted octanol–water partition coefficient (Wildman–Crippen LogP) is 1.34. The van der Waals surface area contributed by atoms with Crippen LogP contribution in [0.3, 0.4) is 0 Å². The molecule has 1 heterocycles. The van der Waals surface area contributed by atoms with Gasteiger partial charge in [0.25, 0.3) is 0 Å². The van der Waals surface area contributed by atoms with E-state index in [0.29, 0.717) is 0 Å². The number of aliphatic hydroxyl groups excluding tert-OH is 1. The molecule has 0 amide bonds. The first kappa shape index (κ1) is 14.5. The maximum absolute atomic E-state index is 10.9. The van der Waals surface area contributed by atoms with Crippen LogP contribution in [0.25, 0.3) is 0 Å². The number of hydrogen-bond donors (Lipinski definition) is 2. The highest BCUT2D eigenvalue weighted by molar-refractivity contribution is 5.92. The molecule has 0 aliphatic carbocycles. The number of ether oxygens (including phenoxy) is 2. The third-order valence-electron chi connectivity index (χ3n) is 2.54. The molecule has 1 aliphatic heterocycles. The van der Waals surface area contributed by atoms with Gasteiger partial charge in [-0.1, -0.05) is 12.1 Å². The van der Waals surface area contributed by atoms with E-state index in [4.69, 9.17) is 14.9 Å². The van der Waals surface area contributed by atoms with Gasteiger partial charge >= 0.3 is 5.97 Å². The first-order valence-corrected chi connectivity index (χ1v) is 5.77. The molecule has 0 aromatic heterocycles. The molecule has 5 nitrogen and oxygen atoms in total. The van der Waals surface area contributed by atoms with Crippen LogP contribution in [0.4, 0.5) is 0 Å². The Kier molecular flexibility index (Phi) is 6.18. The van der Waals surface area contributed by atoms with Crippen LogP contribution in [0.15, 0.2) is 24.3 Å². The van der Waals surface area contributed by atoms with E-state index in [1.165, 1.54) is 19.2 Å². The molecule has 1 fully saturated rings. The van der Waals surface area contributed by atoms with E-state index in [0.717, 1.165) is 19.4 Å². The molecule has 0 spiro atoms. The Morgan fingerprint density at radius 3 is 2.67 bits per heavy atom. The van der Waals surface area contributed by atoms with Gasteiger partial charge in [-0.3, -0.25) is 0 Å². The van der Waals surface area contributed by atoms with Crippen molar-refractivity contribution < 1.29 is 24.5 Å². The van der Waals surface area contributed by atoms with Gasteiger partial charge in [0, 0.05) is 6.61 Å². The number of para-hydroxylation sites is 1. The quantitative estimate of drug-likeness (QED) is 0.779. The minimum atomic E-state index is -0.525. The summed E-state index contributed by atoms with van der Waals surface area (Å²) in [6.45, 7) is 1.03. The van der Waals surface area contributed by atoms with Gasteiger partial charge in [-0.05, 0) is 25.0 Å². The first-order chi connectivity index (χ1) is 8.69. The van der Waals surface area contributed by atoms with E-state index in [2.05, 4.69) is 4.74 Å². The summed E-state index contributed by atoms with van der Waals surface area (Å²) < 4.78 is 9.47. The average Bonchev–Trinajstić information content (AvgIpc) is 2.92. The molecule has 2 rings (SSSR count). The zero-order chi connectivity index (χ0) is 13.4. The average molecular weight is 254 g/mol. The number of benzene rings is 1. The molecule has 0 saturated carbocycles. The molecular weight excluding hydrogens is 236 g/mol. The van der Waals surface area contributed by atoms with E-state index in [1.807, 2.05) is 0 Å². The number of carbonyl (C=O) groups excluding carboxylic acids is 1. The minimum Gasteiger partial charge on any atom is -0.507 e. The lowest BCUT2D eigenvalue weighted by Crippen LogP contribution is -2.09. The fourth-order valence-electron chi connectivity index (χ4n) is 1.54. The minimum absolute atomic E-state index is 0.0562. The summed E-state index contributed by atoms with van der Waals surface area (Å²) in [4.78, 5) is 10.9. The maximum atomic E-state index is 10.9. The van der Waals surface area contributed by atoms with Crippen LogP contribution in [0.1, 0.15) is 23.2 Å². The zero-order valence-electron chi connectivity index (χ0n) is 10.3. The van der Waals surface area contributed by atoms with Gasteiger partial charge in [-0.15, -0.1) is 0 Å². The van der Waals surface area contributed by atoms with E-state index >= 15 is 0 Å². The van der Waals surface area contributed by atoms with Crippen LogP contribution in [-0.2, 0) is 9.47 Å². The number of phenolic OH excluding ortho intramolecular Hbond substituents is 1. The SMILES string of the molecule is COC(=O)c1ccccc1O.OCC1CCCO1. The molecule has 0 bridgehead atoms. The summed E-state index contributed by atoms with van der Waals surface area (Å²) in [7, 11) is 1.27. The number of phenols is 1. The van der Waals surface area contributed by atoms with Crippen molar-refractivity contribution >= 4 is 5.97 Å². The normalized spacial score (nSPS) is 17.8. The highest BCUT2D eigenvalue weighted by Crippen LogP contribution is 2.15. The van der Waals surface area contributed by atoms with Gasteiger partial charge in [0.2, 0.25) is 0 Å². The van der Waals surface area contributed by atoms with Crippen LogP contribution in [0.2, 0.25) is 0 Å². The third-order valence-corrected chi connectivity index (χ3v) is 2.54. The molecule has 1 unspecified atom stereocenters. The van der Waals surface area contributed by atoms with Crippen molar-refractivity contribution in [2.45, 2.75) is 18.9 Å². The van der Waals surface area contributed by atoms with Crippen LogP contribution in [0.5, 0.6) is 5.75 Å². The van der Waals surface area contributed by atoms with E-state index < -0.39 is 5.97 Å². The van der Waals surface area contributed by atoms with Crippen molar-refractivity contribution in [3.05, 3.63) is 29.8 Å². The number of aliphatic hydroxyl groups is 1. The second-order valence-corrected chi connectivity index (χ2v) is 3.83. The molecule has 5 heteroatoms. The van der Waals surface area contributed by atoms with Gasteiger partial charge < -0.3 is 19.7 Å². The standard InChI is InChI=1S/C8H8O3.C5H10O2/c1-11-8(10)6-4-2-3-5-7(6)9;6-4-5-2-1-3-7-5/h2-5,9H,1H3;5-6H,1-4H2. The summed E-state index contributed by atoms with van der Waals surface area (Å²) in [5, 5.41) is 17.6. The van der Waals surface area contributed by atoms with Crippen LogP contribution >= 0.6 is 0 Å². The number of esters is 1.